The van der Waals surface area contributed by atoms with Crippen LogP contribution < -0.4 is 0 Å². The van der Waals surface area contributed by atoms with Crippen LogP contribution in [0.3, 0.4) is 0 Å². The minimum atomic E-state index is -2.93. The van der Waals surface area contributed by atoms with Crippen LogP contribution >= 0.6 is 0 Å². The maximum Gasteiger partial charge on any atom is 0.143 e. The molecular weight excluding hydrogens is 400 g/mol. The van der Waals surface area contributed by atoms with Crippen LogP contribution in [0.1, 0.15) is 38.7 Å². The quantitative estimate of drug-likeness (QED) is 0.262. The fourth-order valence-corrected chi connectivity index (χ4v) is 4.51. The minimum absolute atomic E-state index is 0.0419. The highest BCUT2D eigenvalue weighted by Crippen LogP contribution is 2.40. The van der Waals surface area contributed by atoms with Crippen molar-refractivity contribution in [2.75, 3.05) is 0 Å². The van der Waals surface area contributed by atoms with Gasteiger partial charge in [-0.1, -0.05) is 72.8 Å². The van der Waals surface area contributed by atoms with Crippen LogP contribution in [0.2, 0.25) is 0 Å². The first kappa shape index (κ1) is 10.9. The van der Waals surface area contributed by atoms with E-state index in [1.807, 2.05) is 48.5 Å². The number of aryl methyl sites for hydroxylation is 4. The number of benzene rings is 5. The Kier molecular flexibility index (Phi) is 2.42. The molecule has 0 N–H and O–H groups in total. The highest BCUT2D eigenvalue weighted by atomic mass is 16.3. The lowest BCUT2D eigenvalue weighted by Crippen LogP contribution is -1.92. The van der Waals surface area contributed by atoms with Gasteiger partial charge in [0.25, 0.3) is 0 Å². The zero-order valence-electron chi connectivity index (χ0n) is 29.5. The van der Waals surface area contributed by atoms with Gasteiger partial charge in [-0.2, -0.15) is 0 Å². The molecule has 0 saturated carbocycles. The van der Waals surface area contributed by atoms with Crippen molar-refractivity contribution < 1.29 is 20.9 Å². The lowest BCUT2D eigenvalue weighted by atomic mass is 9.90. The summed E-state index contributed by atoms with van der Waals surface area (Å²) in [6.07, 6.45) is 0. The molecule has 6 aromatic rings. The Hall–Kier alpha value is -3.84. The number of hydrogen-bond acceptors (Lipinski definition) is 1. The standard InChI is InChI=1S/C32H26O/c1-19-12-13-24(18-30(19)29-17-21(3)20(2)16-22(29)4)26-10-7-11-27-28-15-14-23-8-5-6-9-25(23)31(28)33-32(26)27/h5-18H,1-4H3/i1D3,2D3,3D3,4D3. The van der Waals surface area contributed by atoms with Gasteiger partial charge >= 0.3 is 0 Å². The molecule has 33 heavy (non-hydrogen) atoms. The summed E-state index contributed by atoms with van der Waals surface area (Å²) in [6, 6.07) is 23.7. The second-order valence-electron chi connectivity index (χ2n) is 8.15. The van der Waals surface area contributed by atoms with E-state index in [1.165, 1.54) is 12.1 Å². The molecule has 6 rings (SSSR count). The fraction of sp³-hybridized carbons (Fsp3) is 0.125. The summed E-state index contributed by atoms with van der Waals surface area (Å²) >= 11 is 0. The van der Waals surface area contributed by atoms with Gasteiger partial charge in [-0.25, -0.2) is 0 Å². The van der Waals surface area contributed by atoms with Crippen molar-refractivity contribution in [3.05, 3.63) is 107 Å². The largest absolute Gasteiger partial charge is 0.455 e. The molecule has 0 aliphatic carbocycles. The average molecular weight is 439 g/mol. The van der Waals surface area contributed by atoms with Gasteiger partial charge in [-0.3, -0.25) is 0 Å². The molecule has 0 unspecified atom stereocenters. The Morgan fingerprint density at radius 2 is 1.27 bits per heavy atom. The Bertz CT molecular complexity index is 2110. The molecule has 1 heteroatoms. The molecule has 0 amide bonds. The van der Waals surface area contributed by atoms with Gasteiger partial charge in [0.15, 0.2) is 0 Å². The number of hydrogen-bond donors (Lipinski definition) is 0. The monoisotopic (exact) mass is 438 g/mol. The Morgan fingerprint density at radius 1 is 0.515 bits per heavy atom. The molecular formula is C32H26O. The number of rotatable bonds is 2. The molecule has 160 valence electrons. The summed E-state index contributed by atoms with van der Waals surface area (Å²) in [4.78, 5) is 0. The first-order valence-electron chi connectivity index (χ1n) is 16.5. The predicted octanol–water partition coefficient (Wildman–Crippen LogP) is 9.31. The zero-order chi connectivity index (χ0) is 32.7. The van der Waals surface area contributed by atoms with Crippen molar-refractivity contribution in [1.82, 2.24) is 0 Å². The van der Waals surface area contributed by atoms with Crippen molar-refractivity contribution in [3.63, 3.8) is 0 Å². The van der Waals surface area contributed by atoms with E-state index in [2.05, 4.69) is 0 Å². The topological polar surface area (TPSA) is 13.1 Å². The van der Waals surface area contributed by atoms with E-state index in [4.69, 9.17) is 20.9 Å². The lowest BCUT2D eigenvalue weighted by Gasteiger charge is -2.14. The van der Waals surface area contributed by atoms with Crippen molar-refractivity contribution in [3.8, 4) is 22.3 Å². The molecule has 0 radical (unpaired) electrons. The molecule has 0 saturated heterocycles. The summed E-state index contributed by atoms with van der Waals surface area (Å²) in [7, 11) is 0. The highest BCUT2D eigenvalue weighted by molar-refractivity contribution is 6.17. The minimum Gasteiger partial charge on any atom is -0.455 e. The SMILES string of the molecule is [2H]C([2H])([2H])c1ccc(-c2cccc3c2oc2c4ccccc4ccc32)cc1-c1cc(C([2H])([2H])[2H])c(C([2H])([2H])[2H])cc1C([2H])([2H])[2H]. The van der Waals surface area contributed by atoms with Crippen LogP contribution in [-0.2, 0) is 0 Å². The average Bonchev–Trinajstić information content (AvgIpc) is 3.34. The third kappa shape index (κ3) is 3.08. The molecule has 0 atom stereocenters. The van der Waals surface area contributed by atoms with Crippen LogP contribution in [0, 0.1) is 27.4 Å². The van der Waals surface area contributed by atoms with Crippen molar-refractivity contribution in [2.45, 2.75) is 27.4 Å². The second-order valence-corrected chi connectivity index (χ2v) is 8.15. The lowest BCUT2D eigenvalue weighted by molar-refractivity contribution is 0.674. The Labute approximate surface area is 211 Å². The van der Waals surface area contributed by atoms with E-state index < -0.39 is 44.1 Å². The maximum atomic E-state index is 8.24. The van der Waals surface area contributed by atoms with Crippen LogP contribution in [0.25, 0.3) is 55.0 Å². The molecule has 0 bridgehead atoms. The Balaban J connectivity index is 1.68. The molecule has 0 aliphatic rings. The summed E-state index contributed by atoms with van der Waals surface area (Å²) in [6.45, 7) is -11.5. The third-order valence-corrected chi connectivity index (χ3v) is 6.17. The highest BCUT2D eigenvalue weighted by Gasteiger charge is 2.16. The van der Waals surface area contributed by atoms with Gasteiger partial charge < -0.3 is 4.42 Å². The van der Waals surface area contributed by atoms with E-state index in [0.717, 1.165) is 33.7 Å². The van der Waals surface area contributed by atoms with Crippen LogP contribution in [0.15, 0.2) is 89.3 Å². The normalized spacial score (nSPS) is 18.5. The molecule has 1 nitrogen and oxygen atoms in total. The van der Waals surface area contributed by atoms with Crippen LogP contribution in [-0.4, -0.2) is 0 Å². The van der Waals surface area contributed by atoms with Gasteiger partial charge in [-0.15, -0.1) is 0 Å². The third-order valence-electron chi connectivity index (χ3n) is 6.17. The molecule has 0 spiro atoms. The van der Waals surface area contributed by atoms with Crippen LogP contribution in [0.5, 0.6) is 0 Å². The zero-order valence-corrected chi connectivity index (χ0v) is 17.5. The number of furan rings is 1. The van der Waals surface area contributed by atoms with Gasteiger partial charge in [0.1, 0.15) is 11.2 Å². The summed E-state index contributed by atoms with van der Waals surface area (Å²) in [5, 5.41) is 3.63. The predicted molar refractivity (Wildman–Crippen MR) is 141 cm³/mol. The van der Waals surface area contributed by atoms with E-state index in [-0.39, 0.29) is 16.7 Å². The second kappa shape index (κ2) is 7.35. The smallest absolute Gasteiger partial charge is 0.143 e. The fourth-order valence-electron chi connectivity index (χ4n) is 4.51. The molecule has 0 fully saturated rings. The van der Waals surface area contributed by atoms with Gasteiger partial charge in [0, 0.05) is 38.2 Å². The van der Waals surface area contributed by atoms with E-state index in [9.17, 15) is 0 Å². The van der Waals surface area contributed by atoms with Crippen molar-refractivity contribution in [1.29, 1.82) is 0 Å². The maximum absolute atomic E-state index is 8.24. The summed E-state index contributed by atoms with van der Waals surface area (Å²) in [5.74, 6) is 0. The molecule has 1 aromatic heterocycles. The summed E-state index contributed by atoms with van der Waals surface area (Å²) < 4.78 is 104. The van der Waals surface area contributed by atoms with Gasteiger partial charge in [0.2, 0.25) is 0 Å². The molecule has 1 heterocycles. The van der Waals surface area contributed by atoms with Crippen molar-refractivity contribution >= 4 is 32.7 Å². The first-order chi connectivity index (χ1) is 20.9. The summed E-state index contributed by atoms with van der Waals surface area (Å²) in [5.41, 5.74) is 0.230. The Morgan fingerprint density at radius 3 is 2.15 bits per heavy atom. The van der Waals surface area contributed by atoms with Gasteiger partial charge in [0.05, 0.1) is 0 Å². The molecule has 0 aliphatic heterocycles. The number of para-hydroxylation sites is 1. The van der Waals surface area contributed by atoms with E-state index >= 15 is 0 Å². The molecule has 5 aromatic carbocycles. The van der Waals surface area contributed by atoms with Crippen molar-refractivity contribution in [2.24, 2.45) is 0 Å². The first-order valence-corrected chi connectivity index (χ1v) is 10.5. The number of fused-ring (bicyclic) bond motifs is 5. The van der Waals surface area contributed by atoms with Crippen LogP contribution in [0.4, 0.5) is 0 Å². The van der Waals surface area contributed by atoms with Gasteiger partial charge in [-0.05, 0) is 83.9 Å². The van der Waals surface area contributed by atoms with E-state index in [0.29, 0.717) is 22.3 Å². The van der Waals surface area contributed by atoms with E-state index in [1.54, 1.807) is 12.1 Å².